The number of nitrogens with one attached hydrogen (secondary N) is 1. The van der Waals surface area contributed by atoms with Crippen molar-refractivity contribution in [2.24, 2.45) is 0 Å². The molecule has 1 heterocycles. The number of para-hydroxylation sites is 1. The van der Waals surface area contributed by atoms with Crippen molar-refractivity contribution >= 4 is 51.7 Å². The lowest BCUT2D eigenvalue weighted by molar-refractivity contribution is -0.115. The number of aryl methyl sites for hydroxylation is 2. The fourth-order valence-electron chi connectivity index (χ4n) is 3.01. The molecule has 0 spiro atoms. The normalized spacial score (nSPS) is 12.6. The summed E-state index contributed by atoms with van der Waals surface area (Å²) < 4.78 is 5.31. The summed E-state index contributed by atoms with van der Waals surface area (Å²) in [5.41, 5.74) is 4.58. The third-order valence-electron chi connectivity index (χ3n) is 4.11. The van der Waals surface area contributed by atoms with Crippen LogP contribution in [0.5, 0.6) is 0 Å². The minimum absolute atomic E-state index is 0.0180. The second-order valence-corrected chi connectivity index (χ2v) is 6.44. The molecule has 1 aliphatic rings. The molecule has 25 heavy (non-hydrogen) atoms. The predicted octanol–water partition coefficient (Wildman–Crippen LogP) is 4.45. The highest BCUT2D eigenvalue weighted by Crippen LogP contribution is 2.37. The van der Waals surface area contributed by atoms with E-state index in [1.165, 1.54) is 0 Å². The number of amides is 2. The van der Waals surface area contributed by atoms with Crippen molar-refractivity contribution in [3.63, 3.8) is 0 Å². The van der Waals surface area contributed by atoms with E-state index in [-0.39, 0.29) is 5.91 Å². The van der Waals surface area contributed by atoms with Gasteiger partial charge in [-0.25, -0.2) is 4.79 Å². The van der Waals surface area contributed by atoms with E-state index in [2.05, 4.69) is 34.0 Å². The van der Waals surface area contributed by atoms with Crippen molar-refractivity contribution in [3.8, 4) is 0 Å². The number of benzene rings is 2. The van der Waals surface area contributed by atoms with E-state index >= 15 is 0 Å². The molecule has 0 radical (unpaired) electrons. The topological polar surface area (TPSA) is 58.6 Å². The number of nitrogens with zero attached hydrogens (tertiary/aromatic N) is 1. The zero-order valence-electron chi connectivity index (χ0n) is 13.9. The van der Waals surface area contributed by atoms with Gasteiger partial charge in [-0.3, -0.25) is 15.0 Å². The Morgan fingerprint density at radius 3 is 2.56 bits per heavy atom. The van der Waals surface area contributed by atoms with Crippen molar-refractivity contribution in [1.82, 2.24) is 0 Å². The minimum Gasteiger partial charge on any atom is -0.450 e. The number of carbonyl (C=O) groups excluding carboxylic acids is 2. The summed E-state index contributed by atoms with van der Waals surface area (Å²) in [6, 6.07) is 13.6. The van der Waals surface area contributed by atoms with Crippen molar-refractivity contribution in [2.75, 3.05) is 21.3 Å². The monoisotopic (exact) mass is 450 g/mol. The van der Waals surface area contributed by atoms with Gasteiger partial charge in [-0.15, -0.1) is 0 Å². The standard InChI is InChI=1S/C19H19IN2O3/c1-2-25-19(24)21-15-10-9-14-8-7-13-5-3-4-6-16(13)22(17(14)11-15)18(23)12-20/h3-6,9-11H,2,7-8,12H2,1H3,(H,21,24). The number of carbonyl (C=O) groups is 2. The first-order valence-electron chi connectivity index (χ1n) is 8.17. The lowest BCUT2D eigenvalue weighted by Crippen LogP contribution is -2.27. The number of hydrogen-bond donors (Lipinski definition) is 1. The van der Waals surface area contributed by atoms with E-state index < -0.39 is 6.09 Å². The predicted molar refractivity (Wildman–Crippen MR) is 107 cm³/mol. The molecule has 2 amide bonds. The molecule has 130 valence electrons. The van der Waals surface area contributed by atoms with Crippen LogP contribution in [0.15, 0.2) is 42.5 Å². The van der Waals surface area contributed by atoms with Gasteiger partial charge in [-0.05, 0) is 49.1 Å². The summed E-state index contributed by atoms with van der Waals surface area (Å²) in [5, 5.41) is 2.71. The fraction of sp³-hybridized carbons (Fsp3) is 0.263. The van der Waals surface area contributed by atoms with Gasteiger partial charge in [0.1, 0.15) is 0 Å². The minimum atomic E-state index is -0.497. The van der Waals surface area contributed by atoms with Crippen LogP contribution in [0.4, 0.5) is 21.9 Å². The molecule has 0 bridgehead atoms. The van der Waals surface area contributed by atoms with Crippen LogP contribution >= 0.6 is 22.6 Å². The average Bonchev–Trinajstić information content (AvgIpc) is 2.78. The zero-order valence-corrected chi connectivity index (χ0v) is 16.1. The average molecular weight is 450 g/mol. The lowest BCUT2D eigenvalue weighted by Gasteiger charge is -2.25. The number of hydrogen-bond acceptors (Lipinski definition) is 3. The van der Waals surface area contributed by atoms with Gasteiger partial charge in [0.05, 0.1) is 22.4 Å². The molecular formula is C19H19IN2O3. The Bertz CT molecular complexity index is 807. The van der Waals surface area contributed by atoms with Gasteiger partial charge in [0.25, 0.3) is 0 Å². The maximum atomic E-state index is 12.7. The van der Waals surface area contributed by atoms with Crippen LogP contribution in [0.3, 0.4) is 0 Å². The van der Waals surface area contributed by atoms with Gasteiger partial charge in [-0.2, -0.15) is 0 Å². The third kappa shape index (κ3) is 3.78. The molecule has 5 nitrogen and oxygen atoms in total. The first kappa shape index (κ1) is 17.7. The Hall–Kier alpha value is -2.09. The number of ether oxygens (including phenoxy) is 1. The van der Waals surface area contributed by atoms with Crippen LogP contribution < -0.4 is 10.2 Å². The highest BCUT2D eigenvalue weighted by molar-refractivity contribution is 14.1. The number of alkyl halides is 1. The van der Waals surface area contributed by atoms with Gasteiger partial charge >= 0.3 is 6.09 Å². The van der Waals surface area contributed by atoms with Gasteiger partial charge in [0.15, 0.2) is 0 Å². The van der Waals surface area contributed by atoms with Crippen LogP contribution in [0.2, 0.25) is 0 Å². The number of fused-ring (bicyclic) bond motifs is 2. The van der Waals surface area contributed by atoms with E-state index in [4.69, 9.17) is 4.74 Å². The fourth-order valence-corrected chi connectivity index (χ4v) is 3.36. The molecule has 0 fully saturated rings. The Labute approximate surface area is 160 Å². The first-order chi connectivity index (χ1) is 12.1. The van der Waals surface area contributed by atoms with E-state index in [1.807, 2.05) is 36.4 Å². The van der Waals surface area contributed by atoms with E-state index in [0.717, 1.165) is 35.3 Å². The largest absolute Gasteiger partial charge is 0.450 e. The quantitative estimate of drug-likeness (QED) is 0.555. The molecule has 1 N–H and O–H groups in total. The molecule has 3 rings (SSSR count). The maximum absolute atomic E-state index is 12.7. The second kappa shape index (κ2) is 7.86. The summed E-state index contributed by atoms with van der Waals surface area (Å²) in [7, 11) is 0. The van der Waals surface area contributed by atoms with Gasteiger partial charge in [-0.1, -0.05) is 46.9 Å². The number of rotatable bonds is 3. The molecule has 0 aromatic heterocycles. The molecule has 0 saturated carbocycles. The first-order valence-corrected chi connectivity index (χ1v) is 9.70. The molecule has 0 aliphatic carbocycles. The van der Waals surface area contributed by atoms with E-state index in [1.54, 1.807) is 11.8 Å². The number of halogens is 1. The van der Waals surface area contributed by atoms with E-state index in [0.29, 0.717) is 16.7 Å². The maximum Gasteiger partial charge on any atom is 0.411 e. The molecule has 2 aromatic carbocycles. The van der Waals surface area contributed by atoms with Crippen molar-refractivity contribution in [1.29, 1.82) is 0 Å². The highest BCUT2D eigenvalue weighted by Gasteiger charge is 2.25. The van der Waals surface area contributed by atoms with E-state index in [9.17, 15) is 9.59 Å². The van der Waals surface area contributed by atoms with Gasteiger partial charge in [0, 0.05) is 5.69 Å². The Morgan fingerprint density at radius 2 is 1.84 bits per heavy atom. The second-order valence-electron chi connectivity index (χ2n) is 5.68. The van der Waals surface area contributed by atoms with Crippen molar-refractivity contribution in [2.45, 2.75) is 19.8 Å². The van der Waals surface area contributed by atoms with Crippen molar-refractivity contribution in [3.05, 3.63) is 53.6 Å². The lowest BCUT2D eigenvalue weighted by atomic mass is 10.0. The third-order valence-corrected chi connectivity index (χ3v) is 4.76. The Balaban J connectivity index is 2.05. The molecule has 2 aromatic rings. The SMILES string of the molecule is CCOC(=O)Nc1ccc2c(c1)N(C(=O)CI)c1ccccc1CC2. The molecule has 6 heteroatoms. The number of anilines is 3. The molecule has 0 saturated heterocycles. The summed E-state index contributed by atoms with van der Waals surface area (Å²) >= 11 is 2.08. The van der Waals surface area contributed by atoms with Crippen LogP contribution in [0, 0.1) is 0 Å². The molecular weight excluding hydrogens is 431 g/mol. The smallest absolute Gasteiger partial charge is 0.411 e. The van der Waals surface area contributed by atoms with Crippen LogP contribution in [0.25, 0.3) is 0 Å². The summed E-state index contributed by atoms with van der Waals surface area (Å²) in [6.45, 7) is 2.07. The van der Waals surface area contributed by atoms with Crippen molar-refractivity contribution < 1.29 is 14.3 Å². The summed E-state index contributed by atoms with van der Waals surface area (Å²) in [6.07, 6.45) is 1.22. The summed E-state index contributed by atoms with van der Waals surface area (Å²) in [5.74, 6) is 0.0180. The van der Waals surface area contributed by atoms with Gasteiger partial charge in [0.2, 0.25) is 5.91 Å². The van der Waals surface area contributed by atoms with Crippen LogP contribution in [0.1, 0.15) is 18.1 Å². The zero-order chi connectivity index (χ0) is 17.8. The highest BCUT2D eigenvalue weighted by atomic mass is 127. The van der Waals surface area contributed by atoms with Gasteiger partial charge < -0.3 is 4.74 Å². The Kier molecular flexibility index (Phi) is 5.57. The van der Waals surface area contributed by atoms with Crippen LogP contribution in [-0.4, -0.2) is 23.0 Å². The molecule has 1 aliphatic heterocycles. The molecule has 0 unspecified atom stereocenters. The van der Waals surface area contributed by atoms with Crippen LogP contribution in [-0.2, 0) is 22.4 Å². The Morgan fingerprint density at radius 1 is 1.12 bits per heavy atom. The molecule has 0 atom stereocenters. The summed E-state index contributed by atoms with van der Waals surface area (Å²) in [4.78, 5) is 26.2.